The van der Waals surface area contributed by atoms with Gasteiger partial charge >= 0.3 is 0 Å². The summed E-state index contributed by atoms with van der Waals surface area (Å²) < 4.78 is 22.9. The Morgan fingerprint density at radius 1 is 0.854 bits per heavy atom. The summed E-state index contributed by atoms with van der Waals surface area (Å²) in [6, 6.07) is 0. The standard InChI is InChI=1S/C27H46O14/c1-11-4-5-15(30)27(10-29)7-6-12(26(2,3)37)23(16(11)27)41-25-22(36)20(34)18(32)14(40-25)9-38-24-21(35)19(33)17(31)13(8-28)39-24/h12-25,28-37H,1,4-10H2,2-3H3. The number of hydrogen-bond acceptors (Lipinski definition) is 14. The smallest absolute Gasteiger partial charge is 0.187 e. The van der Waals surface area contributed by atoms with Crippen molar-refractivity contribution in [3.8, 4) is 0 Å². The first-order valence-corrected chi connectivity index (χ1v) is 14.1. The molecule has 2 saturated carbocycles. The molecule has 14 nitrogen and oxygen atoms in total. The molecule has 4 aliphatic rings. The molecule has 4 fully saturated rings. The second kappa shape index (κ2) is 12.7. The molecular formula is C27H46O14. The highest BCUT2D eigenvalue weighted by atomic mass is 16.7. The van der Waals surface area contributed by atoms with Gasteiger partial charge < -0.3 is 70.0 Å². The van der Waals surface area contributed by atoms with Gasteiger partial charge in [0, 0.05) is 17.3 Å². The summed E-state index contributed by atoms with van der Waals surface area (Å²) in [6.45, 7) is 5.83. The predicted octanol–water partition coefficient (Wildman–Crippen LogP) is -3.52. The van der Waals surface area contributed by atoms with Crippen LogP contribution in [-0.4, -0.2) is 150 Å². The zero-order valence-corrected chi connectivity index (χ0v) is 23.3. The molecule has 2 aliphatic carbocycles. The highest BCUT2D eigenvalue weighted by Gasteiger charge is 2.59. The van der Waals surface area contributed by atoms with Crippen molar-refractivity contribution in [3.63, 3.8) is 0 Å². The number of ether oxygens (including phenoxy) is 4. The number of fused-ring (bicyclic) bond motifs is 1. The van der Waals surface area contributed by atoms with Gasteiger partial charge in [-0.1, -0.05) is 12.2 Å². The van der Waals surface area contributed by atoms with E-state index in [0.717, 1.165) is 0 Å². The molecular weight excluding hydrogens is 548 g/mol. The highest BCUT2D eigenvalue weighted by molar-refractivity contribution is 5.20. The lowest BCUT2D eigenvalue weighted by Crippen LogP contribution is -2.65. The van der Waals surface area contributed by atoms with Crippen molar-refractivity contribution in [1.82, 2.24) is 0 Å². The Bertz CT molecular complexity index is 896. The molecule has 15 unspecified atom stereocenters. The van der Waals surface area contributed by atoms with Gasteiger partial charge in [0.1, 0.15) is 48.8 Å². The van der Waals surface area contributed by atoms with E-state index in [-0.39, 0.29) is 6.61 Å². The molecule has 2 heterocycles. The van der Waals surface area contributed by atoms with Gasteiger partial charge in [-0.05, 0) is 39.5 Å². The van der Waals surface area contributed by atoms with Crippen LogP contribution in [0.2, 0.25) is 0 Å². The van der Waals surface area contributed by atoms with Crippen LogP contribution in [0.25, 0.3) is 0 Å². The SMILES string of the molecule is C=C1CCC(O)C2(CO)CCC(C(C)(C)O)C(OC3OC(COC4OC(CO)C(O)C(O)C4O)C(O)C(O)C3O)C12. The van der Waals surface area contributed by atoms with E-state index in [2.05, 4.69) is 6.58 Å². The van der Waals surface area contributed by atoms with E-state index in [0.29, 0.717) is 31.3 Å². The average molecular weight is 595 g/mol. The number of hydrogen-bond donors (Lipinski definition) is 10. The first-order chi connectivity index (χ1) is 19.2. The maximum Gasteiger partial charge on any atom is 0.187 e. The summed E-state index contributed by atoms with van der Waals surface area (Å²) in [7, 11) is 0. The summed E-state index contributed by atoms with van der Waals surface area (Å²) in [6.07, 6.45) is -15.9. The molecule has 10 N–H and O–H groups in total. The fourth-order valence-corrected chi connectivity index (χ4v) is 7.01. The van der Waals surface area contributed by atoms with Crippen molar-refractivity contribution in [2.45, 2.75) is 119 Å². The Morgan fingerprint density at radius 3 is 2.02 bits per heavy atom. The van der Waals surface area contributed by atoms with Crippen molar-refractivity contribution in [3.05, 3.63) is 12.2 Å². The molecule has 41 heavy (non-hydrogen) atoms. The minimum Gasteiger partial charge on any atom is -0.396 e. The predicted molar refractivity (Wildman–Crippen MR) is 138 cm³/mol. The monoisotopic (exact) mass is 594 g/mol. The lowest BCUT2D eigenvalue weighted by molar-refractivity contribution is -0.346. The van der Waals surface area contributed by atoms with Crippen LogP contribution in [0.3, 0.4) is 0 Å². The Morgan fingerprint density at radius 2 is 1.44 bits per heavy atom. The average Bonchev–Trinajstić information content (AvgIpc) is 2.93. The zero-order chi connectivity index (χ0) is 30.4. The van der Waals surface area contributed by atoms with Crippen LogP contribution < -0.4 is 0 Å². The van der Waals surface area contributed by atoms with Gasteiger partial charge in [0.05, 0.1) is 37.6 Å². The molecule has 2 saturated heterocycles. The Labute approximate surface area is 238 Å². The van der Waals surface area contributed by atoms with E-state index < -0.39 is 110 Å². The normalized spacial score (nSPS) is 49.5. The van der Waals surface area contributed by atoms with Gasteiger partial charge in [-0.15, -0.1) is 0 Å². The lowest BCUT2D eigenvalue weighted by atomic mass is 9.52. The minimum atomic E-state index is -1.76. The molecule has 0 aromatic carbocycles. The Kier molecular flexibility index (Phi) is 10.2. The fraction of sp³-hybridized carbons (Fsp3) is 0.926. The maximum absolute atomic E-state index is 11.0. The van der Waals surface area contributed by atoms with Crippen LogP contribution in [0.5, 0.6) is 0 Å². The molecule has 0 bridgehead atoms. The first kappa shape index (κ1) is 33.1. The topological polar surface area (TPSA) is 239 Å². The van der Waals surface area contributed by atoms with Crippen molar-refractivity contribution >= 4 is 0 Å². The largest absolute Gasteiger partial charge is 0.396 e. The number of rotatable bonds is 8. The molecule has 0 aromatic heterocycles. The molecule has 0 radical (unpaired) electrons. The van der Waals surface area contributed by atoms with Gasteiger partial charge in [-0.2, -0.15) is 0 Å². The van der Waals surface area contributed by atoms with E-state index in [9.17, 15) is 51.1 Å². The first-order valence-electron chi connectivity index (χ1n) is 14.1. The number of aliphatic hydroxyl groups is 10. The van der Waals surface area contributed by atoms with Crippen molar-refractivity contribution in [1.29, 1.82) is 0 Å². The van der Waals surface area contributed by atoms with Gasteiger partial charge in [-0.3, -0.25) is 0 Å². The second-order valence-electron chi connectivity index (χ2n) is 12.5. The molecule has 4 rings (SSSR count). The van der Waals surface area contributed by atoms with Crippen LogP contribution in [0, 0.1) is 17.3 Å². The molecule has 0 spiro atoms. The Balaban J connectivity index is 1.55. The van der Waals surface area contributed by atoms with E-state index in [1.165, 1.54) is 0 Å². The van der Waals surface area contributed by atoms with Crippen LogP contribution in [0.4, 0.5) is 0 Å². The molecule has 0 aromatic rings. The zero-order valence-electron chi connectivity index (χ0n) is 23.3. The summed E-state index contributed by atoms with van der Waals surface area (Å²) in [4.78, 5) is 0. The van der Waals surface area contributed by atoms with Gasteiger partial charge in [0.2, 0.25) is 0 Å². The summed E-state index contributed by atoms with van der Waals surface area (Å²) >= 11 is 0. The van der Waals surface area contributed by atoms with Gasteiger partial charge in [0.15, 0.2) is 12.6 Å². The van der Waals surface area contributed by atoms with Crippen molar-refractivity contribution < 1.29 is 70.0 Å². The van der Waals surface area contributed by atoms with Crippen LogP contribution in [0.15, 0.2) is 12.2 Å². The third-order valence-corrected chi connectivity index (χ3v) is 9.54. The maximum atomic E-state index is 11.0. The van der Waals surface area contributed by atoms with Crippen LogP contribution >= 0.6 is 0 Å². The summed E-state index contributed by atoms with van der Waals surface area (Å²) in [5.41, 5.74) is -1.57. The van der Waals surface area contributed by atoms with Gasteiger partial charge in [-0.25, -0.2) is 0 Å². The van der Waals surface area contributed by atoms with E-state index in [1.807, 2.05) is 0 Å². The fourth-order valence-electron chi connectivity index (χ4n) is 7.01. The minimum absolute atomic E-state index is 0.360. The highest BCUT2D eigenvalue weighted by Crippen LogP contribution is 2.56. The summed E-state index contributed by atoms with van der Waals surface area (Å²) in [5, 5.41) is 104. The lowest BCUT2D eigenvalue weighted by Gasteiger charge is -2.58. The molecule has 2 aliphatic heterocycles. The van der Waals surface area contributed by atoms with Crippen LogP contribution in [-0.2, 0) is 18.9 Å². The molecule has 15 atom stereocenters. The third kappa shape index (κ3) is 6.11. The van der Waals surface area contributed by atoms with Gasteiger partial charge in [0.25, 0.3) is 0 Å². The van der Waals surface area contributed by atoms with Crippen LogP contribution in [0.1, 0.15) is 39.5 Å². The third-order valence-electron chi connectivity index (χ3n) is 9.54. The summed E-state index contributed by atoms with van der Waals surface area (Å²) in [5.74, 6) is -1.16. The molecule has 0 amide bonds. The molecule has 238 valence electrons. The van der Waals surface area contributed by atoms with Crippen molar-refractivity contribution in [2.24, 2.45) is 17.3 Å². The number of aliphatic hydroxyl groups excluding tert-OH is 9. The van der Waals surface area contributed by atoms with E-state index >= 15 is 0 Å². The van der Waals surface area contributed by atoms with Crippen molar-refractivity contribution in [2.75, 3.05) is 19.8 Å². The Hall–Kier alpha value is -0.820. The second-order valence-corrected chi connectivity index (χ2v) is 12.5. The van der Waals surface area contributed by atoms with E-state index in [4.69, 9.17) is 18.9 Å². The molecule has 14 heteroatoms. The van der Waals surface area contributed by atoms with E-state index in [1.54, 1.807) is 13.8 Å². The quantitative estimate of drug-likeness (QED) is 0.123.